The Hall–Kier alpha value is -0.290. The van der Waals surface area contributed by atoms with Gasteiger partial charge in [0.05, 0.1) is 13.2 Å². The second-order valence-electron chi connectivity index (χ2n) is 7.33. The number of alkyl halides is 3. The fourth-order valence-electron chi connectivity index (χ4n) is 3.83. The van der Waals surface area contributed by atoms with Crippen molar-refractivity contribution in [3.63, 3.8) is 0 Å². The summed E-state index contributed by atoms with van der Waals surface area (Å²) in [5, 5.41) is 0. The Balaban J connectivity index is 1.60. The minimum absolute atomic E-state index is 0.120. The summed E-state index contributed by atoms with van der Waals surface area (Å²) in [6.07, 6.45) is 4.64. The van der Waals surface area contributed by atoms with E-state index in [0.717, 1.165) is 18.8 Å². The number of rotatable bonds is 7. The highest BCUT2D eigenvalue weighted by Gasteiger charge is 2.33. The molecule has 1 saturated heterocycles. The van der Waals surface area contributed by atoms with Crippen LogP contribution in [0.15, 0.2) is 0 Å². The van der Waals surface area contributed by atoms with Crippen LogP contribution < -0.4 is 0 Å². The van der Waals surface area contributed by atoms with Crippen LogP contribution in [0.3, 0.4) is 0 Å². The van der Waals surface area contributed by atoms with E-state index < -0.39 is 12.6 Å². The van der Waals surface area contributed by atoms with E-state index in [4.69, 9.17) is 9.47 Å². The third-order valence-corrected chi connectivity index (χ3v) is 5.31. The Kier molecular flexibility index (Phi) is 7.67. The van der Waals surface area contributed by atoms with Gasteiger partial charge in [-0.25, -0.2) is 0 Å². The molecular formula is C18H31F3O2. The highest BCUT2D eigenvalue weighted by atomic mass is 19.4. The molecule has 0 atom stereocenters. The average Bonchev–Trinajstić information content (AvgIpc) is 2.53. The molecule has 136 valence electrons. The molecule has 0 N–H and O–H groups in total. The molecule has 0 aromatic carbocycles. The first kappa shape index (κ1) is 19.0. The lowest BCUT2D eigenvalue weighted by Crippen LogP contribution is -2.38. The third kappa shape index (κ3) is 7.00. The molecule has 0 aromatic rings. The van der Waals surface area contributed by atoms with Crippen molar-refractivity contribution in [2.45, 2.75) is 83.6 Å². The van der Waals surface area contributed by atoms with Gasteiger partial charge >= 0.3 is 6.18 Å². The van der Waals surface area contributed by atoms with Gasteiger partial charge in [0.1, 0.15) is 0 Å². The van der Waals surface area contributed by atoms with Crippen LogP contribution in [-0.2, 0) is 9.47 Å². The van der Waals surface area contributed by atoms with E-state index >= 15 is 0 Å². The zero-order valence-electron chi connectivity index (χ0n) is 14.2. The minimum Gasteiger partial charge on any atom is -0.352 e. The molecule has 1 aliphatic heterocycles. The molecule has 2 aliphatic rings. The van der Waals surface area contributed by atoms with E-state index in [1.807, 2.05) is 0 Å². The second-order valence-corrected chi connectivity index (χ2v) is 7.33. The highest BCUT2D eigenvalue weighted by molar-refractivity contribution is 4.77. The molecule has 0 unspecified atom stereocenters. The van der Waals surface area contributed by atoms with E-state index in [2.05, 4.69) is 6.92 Å². The lowest BCUT2D eigenvalue weighted by Gasteiger charge is -2.37. The Labute approximate surface area is 138 Å². The van der Waals surface area contributed by atoms with E-state index in [1.54, 1.807) is 0 Å². The molecule has 0 radical (unpaired) electrons. The Morgan fingerprint density at radius 3 is 2.04 bits per heavy atom. The lowest BCUT2D eigenvalue weighted by atomic mass is 9.79. The SMILES string of the molecule is CCCC[C@H]1CC[C@H]([C@H]2OC[C@H](CCCC(F)(F)F)CO2)CC1. The maximum absolute atomic E-state index is 12.2. The quantitative estimate of drug-likeness (QED) is 0.593. The fourth-order valence-corrected chi connectivity index (χ4v) is 3.83. The fraction of sp³-hybridized carbons (Fsp3) is 1.00. The Morgan fingerprint density at radius 1 is 0.870 bits per heavy atom. The van der Waals surface area contributed by atoms with E-state index in [0.29, 0.717) is 25.6 Å². The lowest BCUT2D eigenvalue weighted by molar-refractivity contribution is -0.230. The molecule has 2 nitrogen and oxygen atoms in total. The van der Waals surface area contributed by atoms with Crippen molar-refractivity contribution in [1.82, 2.24) is 0 Å². The van der Waals surface area contributed by atoms with Crippen LogP contribution in [0.1, 0.15) is 71.1 Å². The molecule has 23 heavy (non-hydrogen) atoms. The maximum Gasteiger partial charge on any atom is 0.389 e. The third-order valence-electron chi connectivity index (χ3n) is 5.31. The number of hydrogen-bond donors (Lipinski definition) is 0. The van der Waals surface area contributed by atoms with Gasteiger partial charge in [0.25, 0.3) is 0 Å². The molecule has 1 heterocycles. The average molecular weight is 336 g/mol. The zero-order chi connectivity index (χ0) is 16.7. The van der Waals surface area contributed by atoms with E-state index in [-0.39, 0.29) is 18.6 Å². The molecule has 1 saturated carbocycles. The van der Waals surface area contributed by atoms with Crippen LogP contribution in [0.5, 0.6) is 0 Å². The summed E-state index contributed by atoms with van der Waals surface area (Å²) in [6, 6.07) is 0. The van der Waals surface area contributed by atoms with Crippen molar-refractivity contribution in [1.29, 1.82) is 0 Å². The van der Waals surface area contributed by atoms with E-state index in [9.17, 15) is 13.2 Å². The normalized spacial score (nSPS) is 32.9. The number of hydrogen-bond acceptors (Lipinski definition) is 2. The molecule has 2 rings (SSSR count). The van der Waals surface area contributed by atoms with E-state index in [1.165, 1.54) is 32.1 Å². The zero-order valence-corrected chi connectivity index (χ0v) is 14.2. The van der Waals surface area contributed by atoms with Crippen molar-refractivity contribution >= 4 is 0 Å². The van der Waals surface area contributed by atoms with Crippen molar-refractivity contribution in [3.8, 4) is 0 Å². The summed E-state index contributed by atoms with van der Waals surface area (Å²) in [5.41, 5.74) is 0. The predicted molar refractivity (Wildman–Crippen MR) is 84.1 cm³/mol. The summed E-state index contributed by atoms with van der Waals surface area (Å²) in [4.78, 5) is 0. The van der Waals surface area contributed by atoms with Crippen LogP contribution in [0.25, 0.3) is 0 Å². The first-order chi connectivity index (χ1) is 11.0. The summed E-state index contributed by atoms with van der Waals surface area (Å²) < 4.78 is 48.1. The van der Waals surface area contributed by atoms with Gasteiger partial charge < -0.3 is 9.47 Å². The van der Waals surface area contributed by atoms with Gasteiger partial charge in [-0.1, -0.05) is 26.2 Å². The summed E-state index contributed by atoms with van der Waals surface area (Å²) in [6.45, 7) is 3.34. The van der Waals surface area contributed by atoms with Gasteiger partial charge in [-0.15, -0.1) is 0 Å². The molecule has 0 bridgehead atoms. The van der Waals surface area contributed by atoms with Crippen LogP contribution in [-0.4, -0.2) is 25.7 Å². The van der Waals surface area contributed by atoms with Gasteiger partial charge in [-0.3, -0.25) is 0 Å². The van der Waals surface area contributed by atoms with Crippen molar-refractivity contribution < 1.29 is 22.6 Å². The summed E-state index contributed by atoms with van der Waals surface area (Å²) >= 11 is 0. The molecular weight excluding hydrogens is 305 g/mol. The second kappa shape index (κ2) is 9.26. The first-order valence-corrected chi connectivity index (χ1v) is 9.28. The topological polar surface area (TPSA) is 18.5 Å². The molecule has 0 spiro atoms. The molecule has 1 aliphatic carbocycles. The van der Waals surface area contributed by atoms with Crippen LogP contribution in [0.4, 0.5) is 13.2 Å². The smallest absolute Gasteiger partial charge is 0.352 e. The van der Waals surface area contributed by atoms with Crippen LogP contribution in [0.2, 0.25) is 0 Å². The standard InChI is InChI=1S/C18H31F3O2/c1-2-3-5-14-7-9-16(10-8-14)17-22-12-15(13-23-17)6-4-11-18(19,20)21/h14-17H,2-13H2,1H3/t14-,15-,16-,17-. The van der Waals surface area contributed by atoms with Gasteiger partial charge in [-0.05, 0) is 44.4 Å². The van der Waals surface area contributed by atoms with Crippen LogP contribution in [0, 0.1) is 17.8 Å². The minimum atomic E-state index is -4.05. The molecule has 0 aromatic heterocycles. The molecule has 5 heteroatoms. The summed E-state index contributed by atoms with van der Waals surface area (Å²) in [5.74, 6) is 1.46. The first-order valence-electron chi connectivity index (χ1n) is 9.28. The van der Waals surface area contributed by atoms with Crippen LogP contribution >= 0.6 is 0 Å². The number of ether oxygens (including phenoxy) is 2. The maximum atomic E-state index is 12.2. The monoisotopic (exact) mass is 336 g/mol. The van der Waals surface area contributed by atoms with Gasteiger partial charge in [-0.2, -0.15) is 13.2 Å². The highest BCUT2D eigenvalue weighted by Crippen LogP contribution is 2.36. The van der Waals surface area contributed by atoms with Gasteiger partial charge in [0, 0.05) is 18.3 Å². The predicted octanol–water partition coefficient (Wildman–Crippen LogP) is 5.70. The van der Waals surface area contributed by atoms with Crippen molar-refractivity contribution in [2.75, 3.05) is 13.2 Å². The molecule has 2 fully saturated rings. The van der Waals surface area contributed by atoms with Crippen molar-refractivity contribution in [3.05, 3.63) is 0 Å². The number of unbranched alkanes of at least 4 members (excludes halogenated alkanes) is 1. The Morgan fingerprint density at radius 2 is 1.48 bits per heavy atom. The van der Waals surface area contributed by atoms with Crippen molar-refractivity contribution in [2.24, 2.45) is 17.8 Å². The largest absolute Gasteiger partial charge is 0.389 e. The summed E-state index contributed by atoms with van der Waals surface area (Å²) in [7, 11) is 0. The van der Waals surface area contributed by atoms with Gasteiger partial charge in [0.2, 0.25) is 0 Å². The number of halogens is 3. The van der Waals surface area contributed by atoms with Gasteiger partial charge in [0.15, 0.2) is 6.29 Å². The molecule has 0 amide bonds. The Bertz CT molecular complexity index is 317.